The third kappa shape index (κ3) is 2.72. The molecule has 1 aromatic rings. The van der Waals surface area contributed by atoms with Gasteiger partial charge in [0.15, 0.2) is 0 Å². The SMILES string of the molecule is CC#CCN=Cc1ccco1. The van der Waals surface area contributed by atoms with E-state index in [-0.39, 0.29) is 0 Å². The van der Waals surface area contributed by atoms with Crippen molar-refractivity contribution >= 4 is 6.21 Å². The normalized spacial score (nSPS) is 9.55. The summed E-state index contributed by atoms with van der Waals surface area (Å²) in [6.45, 7) is 2.33. The molecule has 0 aliphatic rings. The minimum Gasteiger partial charge on any atom is -0.463 e. The van der Waals surface area contributed by atoms with E-state index >= 15 is 0 Å². The van der Waals surface area contributed by atoms with Gasteiger partial charge in [-0.25, -0.2) is 0 Å². The fourth-order valence-corrected chi connectivity index (χ4v) is 0.625. The lowest BCUT2D eigenvalue weighted by Gasteiger charge is -1.80. The largest absolute Gasteiger partial charge is 0.463 e. The molecular formula is C9H9NO. The first kappa shape index (κ1) is 7.62. The highest BCUT2D eigenvalue weighted by Crippen LogP contribution is 1.94. The molecule has 1 aromatic heterocycles. The van der Waals surface area contributed by atoms with E-state index in [1.165, 1.54) is 0 Å². The summed E-state index contributed by atoms with van der Waals surface area (Å²) >= 11 is 0. The Morgan fingerprint density at radius 1 is 1.73 bits per heavy atom. The smallest absolute Gasteiger partial charge is 0.144 e. The Kier molecular flexibility index (Phi) is 3.01. The van der Waals surface area contributed by atoms with Crippen molar-refractivity contribution in [3.05, 3.63) is 24.2 Å². The number of nitrogens with zero attached hydrogens (tertiary/aromatic N) is 1. The summed E-state index contributed by atoms with van der Waals surface area (Å²) in [4.78, 5) is 4.01. The average molecular weight is 147 g/mol. The Bertz CT molecular complexity index is 274. The van der Waals surface area contributed by atoms with Gasteiger partial charge in [-0.3, -0.25) is 4.99 Å². The highest BCUT2D eigenvalue weighted by Gasteiger charge is 1.84. The molecule has 0 aliphatic heterocycles. The Hall–Kier alpha value is -1.49. The van der Waals surface area contributed by atoms with Crippen LogP contribution in [-0.2, 0) is 0 Å². The van der Waals surface area contributed by atoms with Crippen molar-refractivity contribution in [1.29, 1.82) is 0 Å². The number of hydrogen-bond acceptors (Lipinski definition) is 2. The summed E-state index contributed by atoms with van der Waals surface area (Å²) < 4.78 is 5.02. The number of aliphatic imine (C=N–C) groups is 1. The molecule has 1 heterocycles. The maximum Gasteiger partial charge on any atom is 0.144 e. The molecule has 0 fully saturated rings. The third-order valence-corrected chi connectivity index (χ3v) is 1.11. The highest BCUT2D eigenvalue weighted by molar-refractivity contribution is 5.75. The number of furan rings is 1. The van der Waals surface area contributed by atoms with Crippen LogP contribution in [0, 0.1) is 11.8 Å². The van der Waals surface area contributed by atoms with E-state index in [1.54, 1.807) is 19.4 Å². The summed E-state index contributed by atoms with van der Waals surface area (Å²) in [5.74, 6) is 6.34. The molecule has 0 spiro atoms. The Balaban J connectivity index is 2.41. The molecule has 0 atom stereocenters. The second kappa shape index (κ2) is 4.35. The van der Waals surface area contributed by atoms with Crippen molar-refractivity contribution in [2.24, 2.45) is 4.99 Å². The van der Waals surface area contributed by atoms with E-state index in [4.69, 9.17) is 4.42 Å². The second-order valence-corrected chi connectivity index (χ2v) is 1.91. The summed E-state index contributed by atoms with van der Waals surface area (Å²) in [5, 5.41) is 0. The van der Waals surface area contributed by atoms with E-state index in [0.717, 1.165) is 5.76 Å². The van der Waals surface area contributed by atoms with Crippen molar-refractivity contribution in [1.82, 2.24) is 0 Å². The Morgan fingerprint density at radius 2 is 2.64 bits per heavy atom. The molecule has 0 radical (unpaired) electrons. The topological polar surface area (TPSA) is 25.5 Å². The zero-order valence-corrected chi connectivity index (χ0v) is 6.37. The van der Waals surface area contributed by atoms with Gasteiger partial charge in [-0.1, -0.05) is 5.92 Å². The van der Waals surface area contributed by atoms with E-state index in [2.05, 4.69) is 16.8 Å². The van der Waals surface area contributed by atoms with Crippen LogP contribution in [0.25, 0.3) is 0 Å². The Morgan fingerprint density at radius 3 is 3.27 bits per heavy atom. The third-order valence-electron chi connectivity index (χ3n) is 1.11. The molecule has 11 heavy (non-hydrogen) atoms. The maximum atomic E-state index is 5.02. The molecular weight excluding hydrogens is 138 g/mol. The Labute approximate surface area is 65.9 Å². The van der Waals surface area contributed by atoms with Gasteiger partial charge in [0.05, 0.1) is 19.0 Å². The van der Waals surface area contributed by atoms with Crippen molar-refractivity contribution in [2.45, 2.75) is 6.92 Å². The van der Waals surface area contributed by atoms with E-state index in [1.807, 2.05) is 12.1 Å². The fourth-order valence-electron chi connectivity index (χ4n) is 0.625. The standard InChI is InChI=1S/C9H9NO/c1-2-3-6-10-8-9-5-4-7-11-9/h4-5,7-8H,6H2,1H3. The quantitative estimate of drug-likeness (QED) is 0.462. The van der Waals surface area contributed by atoms with Gasteiger partial charge in [-0.05, 0) is 19.1 Å². The zero-order valence-electron chi connectivity index (χ0n) is 6.37. The molecule has 2 nitrogen and oxygen atoms in total. The predicted molar refractivity (Wildman–Crippen MR) is 44.6 cm³/mol. The van der Waals surface area contributed by atoms with Gasteiger partial charge in [0.1, 0.15) is 5.76 Å². The van der Waals surface area contributed by atoms with Gasteiger partial charge in [0.25, 0.3) is 0 Å². The van der Waals surface area contributed by atoms with Crippen molar-refractivity contribution in [3.8, 4) is 11.8 Å². The average Bonchev–Trinajstić information content (AvgIpc) is 2.50. The molecule has 2 heteroatoms. The van der Waals surface area contributed by atoms with Gasteiger partial charge < -0.3 is 4.42 Å². The highest BCUT2D eigenvalue weighted by atomic mass is 16.3. The van der Waals surface area contributed by atoms with Crippen molar-refractivity contribution in [3.63, 3.8) is 0 Å². The molecule has 56 valence electrons. The first-order valence-electron chi connectivity index (χ1n) is 3.36. The molecule has 0 saturated heterocycles. The summed E-state index contributed by atoms with van der Waals surface area (Å²) in [5.41, 5.74) is 0. The van der Waals surface area contributed by atoms with Crippen LogP contribution in [0.2, 0.25) is 0 Å². The maximum absolute atomic E-state index is 5.02. The van der Waals surface area contributed by atoms with Gasteiger partial charge >= 0.3 is 0 Å². The van der Waals surface area contributed by atoms with Crippen LogP contribution in [-0.4, -0.2) is 12.8 Å². The van der Waals surface area contributed by atoms with Crippen LogP contribution in [0.1, 0.15) is 12.7 Å². The fraction of sp³-hybridized carbons (Fsp3) is 0.222. The van der Waals surface area contributed by atoms with Crippen LogP contribution in [0.15, 0.2) is 27.8 Å². The molecule has 0 aromatic carbocycles. The molecule has 0 amide bonds. The van der Waals surface area contributed by atoms with E-state index in [0.29, 0.717) is 6.54 Å². The monoisotopic (exact) mass is 147 g/mol. The number of rotatable bonds is 2. The predicted octanol–water partition coefficient (Wildman–Crippen LogP) is 1.72. The molecule has 0 N–H and O–H groups in total. The summed E-state index contributed by atoms with van der Waals surface area (Å²) in [6.07, 6.45) is 3.29. The minimum atomic E-state index is 0.539. The molecule has 0 saturated carbocycles. The van der Waals surface area contributed by atoms with Crippen molar-refractivity contribution < 1.29 is 4.42 Å². The van der Waals surface area contributed by atoms with Crippen molar-refractivity contribution in [2.75, 3.05) is 6.54 Å². The second-order valence-electron chi connectivity index (χ2n) is 1.91. The van der Waals surface area contributed by atoms with Crippen LogP contribution in [0.5, 0.6) is 0 Å². The molecule has 1 rings (SSSR count). The van der Waals surface area contributed by atoms with Crippen LogP contribution in [0.4, 0.5) is 0 Å². The van der Waals surface area contributed by atoms with Crippen LogP contribution >= 0.6 is 0 Å². The molecule has 0 bridgehead atoms. The van der Waals surface area contributed by atoms with E-state index < -0.39 is 0 Å². The summed E-state index contributed by atoms with van der Waals surface area (Å²) in [7, 11) is 0. The van der Waals surface area contributed by atoms with Gasteiger partial charge in [0, 0.05) is 0 Å². The zero-order chi connectivity index (χ0) is 7.94. The first-order valence-corrected chi connectivity index (χ1v) is 3.36. The summed E-state index contributed by atoms with van der Waals surface area (Å²) in [6, 6.07) is 3.68. The van der Waals surface area contributed by atoms with Gasteiger partial charge in [-0.2, -0.15) is 0 Å². The van der Waals surface area contributed by atoms with Crippen LogP contribution in [0.3, 0.4) is 0 Å². The van der Waals surface area contributed by atoms with Gasteiger partial charge in [-0.15, -0.1) is 5.92 Å². The molecule has 0 unspecified atom stereocenters. The van der Waals surface area contributed by atoms with Gasteiger partial charge in [0.2, 0.25) is 0 Å². The molecule has 0 aliphatic carbocycles. The lowest BCUT2D eigenvalue weighted by molar-refractivity contribution is 0.560. The lowest BCUT2D eigenvalue weighted by Crippen LogP contribution is -1.77. The number of hydrogen-bond donors (Lipinski definition) is 0. The van der Waals surface area contributed by atoms with E-state index in [9.17, 15) is 0 Å². The first-order chi connectivity index (χ1) is 5.43. The minimum absolute atomic E-state index is 0.539. The van der Waals surface area contributed by atoms with Crippen LogP contribution < -0.4 is 0 Å². The lowest BCUT2D eigenvalue weighted by atomic mass is 10.5.